The van der Waals surface area contributed by atoms with E-state index in [0.29, 0.717) is 11.5 Å². The number of carbonyl (C=O) groups is 1. The molecule has 5 nitrogen and oxygen atoms in total. The maximum Gasteiger partial charge on any atom is 0.322 e. The second kappa shape index (κ2) is 6.49. The molecular formula is C19H12BrN3O2. The van der Waals surface area contributed by atoms with Crippen LogP contribution in [0.1, 0.15) is 10.4 Å². The summed E-state index contributed by atoms with van der Waals surface area (Å²) < 4.78 is 6.48. The van der Waals surface area contributed by atoms with Crippen LogP contribution in [0.25, 0.3) is 22.2 Å². The quantitative estimate of drug-likeness (QED) is 0.537. The number of nitrogens with zero attached hydrogens (tertiary/aromatic N) is 2. The van der Waals surface area contributed by atoms with E-state index in [9.17, 15) is 4.79 Å². The summed E-state index contributed by atoms with van der Waals surface area (Å²) >= 11 is 3.38. The van der Waals surface area contributed by atoms with Gasteiger partial charge >= 0.3 is 6.01 Å². The lowest BCUT2D eigenvalue weighted by molar-refractivity contribution is 0.102. The number of halogens is 1. The Morgan fingerprint density at radius 3 is 2.48 bits per heavy atom. The largest absolute Gasteiger partial charge is 0.403 e. The summed E-state index contributed by atoms with van der Waals surface area (Å²) in [5.41, 5.74) is 1.31. The molecule has 0 fully saturated rings. The first-order valence-corrected chi connectivity index (χ1v) is 8.38. The lowest BCUT2D eigenvalue weighted by Gasteiger charge is -2.03. The molecule has 1 amide bonds. The number of hydrogen-bond donors (Lipinski definition) is 1. The third-order valence-electron chi connectivity index (χ3n) is 3.75. The second-order valence-corrected chi connectivity index (χ2v) is 6.35. The molecule has 1 N–H and O–H groups in total. The Morgan fingerprint density at radius 2 is 1.68 bits per heavy atom. The van der Waals surface area contributed by atoms with Gasteiger partial charge in [0.2, 0.25) is 5.89 Å². The topological polar surface area (TPSA) is 68.0 Å². The number of aromatic nitrogens is 2. The van der Waals surface area contributed by atoms with Gasteiger partial charge in [-0.2, -0.15) is 0 Å². The molecule has 0 aliphatic heterocycles. The van der Waals surface area contributed by atoms with Crippen LogP contribution in [0.3, 0.4) is 0 Å². The summed E-state index contributed by atoms with van der Waals surface area (Å²) in [5.74, 6) is 0.0538. The van der Waals surface area contributed by atoms with Gasteiger partial charge in [0, 0.05) is 15.6 Å². The molecule has 0 aliphatic carbocycles. The van der Waals surface area contributed by atoms with E-state index in [1.165, 1.54) is 0 Å². The highest BCUT2D eigenvalue weighted by molar-refractivity contribution is 9.10. The van der Waals surface area contributed by atoms with E-state index in [-0.39, 0.29) is 11.9 Å². The predicted molar refractivity (Wildman–Crippen MR) is 99.3 cm³/mol. The Kier molecular flexibility index (Phi) is 4.03. The minimum Gasteiger partial charge on any atom is -0.403 e. The lowest BCUT2D eigenvalue weighted by atomic mass is 10.1. The highest BCUT2D eigenvalue weighted by atomic mass is 79.9. The first-order valence-electron chi connectivity index (χ1n) is 7.59. The number of carbonyl (C=O) groups excluding carboxylic acids is 1. The fourth-order valence-corrected chi connectivity index (χ4v) is 2.75. The highest BCUT2D eigenvalue weighted by Gasteiger charge is 2.13. The van der Waals surface area contributed by atoms with Crippen molar-refractivity contribution >= 4 is 38.6 Å². The standard InChI is InChI=1S/C19H12BrN3O2/c20-16-9-7-13(8-10-16)18-22-23-19(25-18)21-17(24)15-6-5-12-3-1-2-4-14(12)11-15/h1-11H,(H,21,23,24). The maximum atomic E-state index is 12.4. The minimum absolute atomic E-state index is 0.0658. The van der Waals surface area contributed by atoms with Crippen molar-refractivity contribution < 1.29 is 9.21 Å². The SMILES string of the molecule is O=C(Nc1nnc(-c2ccc(Br)cc2)o1)c1ccc2ccccc2c1. The van der Waals surface area contributed by atoms with E-state index in [1.807, 2.05) is 60.7 Å². The van der Waals surface area contributed by atoms with Gasteiger partial charge in [0.05, 0.1) is 0 Å². The first-order chi connectivity index (χ1) is 12.2. The van der Waals surface area contributed by atoms with Crippen LogP contribution in [0.5, 0.6) is 0 Å². The summed E-state index contributed by atoms with van der Waals surface area (Å²) in [6, 6.07) is 20.9. The van der Waals surface area contributed by atoms with E-state index in [0.717, 1.165) is 20.8 Å². The number of fused-ring (bicyclic) bond motifs is 1. The third-order valence-corrected chi connectivity index (χ3v) is 4.28. The maximum absolute atomic E-state index is 12.4. The fourth-order valence-electron chi connectivity index (χ4n) is 2.48. The molecule has 25 heavy (non-hydrogen) atoms. The molecule has 0 radical (unpaired) electrons. The summed E-state index contributed by atoms with van der Waals surface area (Å²) in [7, 11) is 0. The van der Waals surface area contributed by atoms with Gasteiger partial charge in [-0.25, -0.2) is 0 Å². The molecule has 0 spiro atoms. The molecule has 0 atom stereocenters. The lowest BCUT2D eigenvalue weighted by Crippen LogP contribution is -2.12. The van der Waals surface area contributed by atoms with Gasteiger partial charge in [0.1, 0.15) is 0 Å². The van der Waals surface area contributed by atoms with E-state index in [2.05, 4.69) is 31.4 Å². The molecule has 1 heterocycles. The molecule has 0 bridgehead atoms. The monoisotopic (exact) mass is 393 g/mol. The molecule has 4 aromatic rings. The van der Waals surface area contributed by atoms with Crippen LogP contribution in [-0.4, -0.2) is 16.1 Å². The van der Waals surface area contributed by atoms with Crippen molar-refractivity contribution in [3.8, 4) is 11.5 Å². The average molecular weight is 394 g/mol. The van der Waals surface area contributed by atoms with Gasteiger partial charge in [-0.15, -0.1) is 5.10 Å². The normalized spacial score (nSPS) is 10.8. The van der Waals surface area contributed by atoms with Crippen molar-refractivity contribution in [1.29, 1.82) is 0 Å². The van der Waals surface area contributed by atoms with Crippen LogP contribution < -0.4 is 5.32 Å². The second-order valence-electron chi connectivity index (χ2n) is 5.44. The van der Waals surface area contributed by atoms with Gasteiger partial charge in [-0.05, 0) is 47.2 Å². The van der Waals surface area contributed by atoms with Crippen molar-refractivity contribution in [2.75, 3.05) is 5.32 Å². The smallest absolute Gasteiger partial charge is 0.322 e. The highest BCUT2D eigenvalue weighted by Crippen LogP contribution is 2.22. The van der Waals surface area contributed by atoms with Crippen LogP contribution in [0.15, 0.2) is 75.6 Å². The molecule has 0 aliphatic rings. The summed E-state index contributed by atoms with van der Waals surface area (Å²) in [6.07, 6.45) is 0. The van der Waals surface area contributed by atoms with Gasteiger partial charge in [0.15, 0.2) is 0 Å². The average Bonchev–Trinajstić information content (AvgIpc) is 3.10. The number of anilines is 1. The van der Waals surface area contributed by atoms with Crippen LogP contribution in [-0.2, 0) is 0 Å². The Hall–Kier alpha value is -2.99. The summed E-state index contributed by atoms with van der Waals surface area (Å²) in [4.78, 5) is 12.4. The Balaban J connectivity index is 1.55. The zero-order chi connectivity index (χ0) is 17.2. The molecule has 122 valence electrons. The van der Waals surface area contributed by atoms with E-state index >= 15 is 0 Å². The zero-order valence-corrected chi connectivity index (χ0v) is 14.5. The Labute approximate surface area is 151 Å². The van der Waals surface area contributed by atoms with E-state index in [4.69, 9.17) is 4.42 Å². The fraction of sp³-hybridized carbons (Fsp3) is 0. The summed E-state index contributed by atoms with van der Waals surface area (Å²) in [5, 5.41) is 12.6. The van der Waals surface area contributed by atoms with E-state index in [1.54, 1.807) is 6.07 Å². The van der Waals surface area contributed by atoms with Crippen LogP contribution in [0, 0.1) is 0 Å². The molecule has 1 aromatic heterocycles. The van der Waals surface area contributed by atoms with Crippen LogP contribution in [0.2, 0.25) is 0 Å². The molecular weight excluding hydrogens is 382 g/mol. The molecule has 4 rings (SSSR count). The Bertz CT molecular complexity index is 1060. The minimum atomic E-state index is -0.295. The molecule has 0 saturated carbocycles. The molecule has 6 heteroatoms. The summed E-state index contributed by atoms with van der Waals surface area (Å²) in [6.45, 7) is 0. The molecule has 3 aromatic carbocycles. The van der Waals surface area contributed by atoms with Crippen molar-refractivity contribution in [2.45, 2.75) is 0 Å². The van der Waals surface area contributed by atoms with Crippen molar-refractivity contribution in [2.24, 2.45) is 0 Å². The number of benzene rings is 3. The first kappa shape index (κ1) is 15.5. The van der Waals surface area contributed by atoms with Crippen LogP contribution in [0.4, 0.5) is 6.01 Å². The van der Waals surface area contributed by atoms with Crippen molar-refractivity contribution in [3.05, 3.63) is 76.8 Å². The van der Waals surface area contributed by atoms with Gasteiger partial charge in [0.25, 0.3) is 5.91 Å². The number of nitrogens with one attached hydrogen (secondary N) is 1. The number of hydrogen-bond acceptors (Lipinski definition) is 4. The molecule has 0 unspecified atom stereocenters. The Morgan fingerprint density at radius 1 is 0.920 bits per heavy atom. The number of rotatable bonds is 3. The molecule has 0 saturated heterocycles. The number of amides is 1. The van der Waals surface area contributed by atoms with Crippen molar-refractivity contribution in [1.82, 2.24) is 10.2 Å². The zero-order valence-electron chi connectivity index (χ0n) is 12.9. The van der Waals surface area contributed by atoms with Gasteiger partial charge in [-0.1, -0.05) is 51.4 Å². The van der Waals surface area contributed by atoms with E-state index < -0.39 is 0 Å². The van der Waals surface area contributed by atoms with Gasteiger partial charge in [-0.3, -0.25) is 10.1 Å². The predicted octanol–water partition coefficient (Wildman–Crippen LogP) is 4.90. The van der Waals surface area contributed by atoms with Gasteiger partial charge < -0.3 is 4.42 Å². The van der Waals surface area contributed by atoms with Crippen LogP contribution >= 0.6 is 15.9 Å². The third kappa shape index (κ3) is 3.29. The van der Waals surface area contributed by atoms with Crippen molar-refractivity contribution in [3.63, 3.8) is 0 Å².